The number of aromatic nitrogens is 2. The number of esters is 1. The smallest absolute Gasteiger partial charge is 0.339 e. The standard InChI is InChI=1S/C14H14N2O3/c1-18-14(17)12-6-4-8-16-13(12)10-19-9-11-5-2-3-7-15-11/h2-8H,9-10H2,1H3. The van der Waals surface area contributed by atoms with Crippen LogP contribution in [-0.4, -0.2) is 23.0 Å². The van der Waals surface area contributed by atoms with Crippen molar-refractivity contribution in [3.63, 3.8) is 0 Å². The lowest BCUT2D eigenvalue weighted by atomic mass is 10.2. The van der Waals surface area contributed by atoms with E-state index in [-0.39, 0.29) is 6.61 Å². The first-order chi connectivity index (χ1) is 9.31. The van der Waals surface area contributed by atoms with Crippen LogP contribution in [0.25, 0.3) is 0 Å². The summed E-state index contributed by atoms with van der Waals surface area (Å²) in [6, 6.07) is 8.97. The highest BCUT2D eigenvalue weighted by Crippen LogP contribution is 2.09. The number of hydrogen-bond donors (Lipinski definition) is 0. The monoisotopic (exact) mass is 258 g/mol. The average molecular weight is 258 g/mol. The molecular weight excluding hydrogens is 244 g/mol. The zero-order valence-electron chi connectivity index (χ0n) is 10.6. The van der Waals surface area contributed by atoms with Crippen LogP contribution < -0.4 is 0 Å². The number of methoxy groups -OCH3 is 1. The SMILES string of the molecule is COC(=O)c1cccnc1COCc1ccccn1. The minimum atomic E-state index is -0.412. The van der Waals surface area contributed by atoms with Gasteiger partial charge in [0.2, 0.25) is 0 Å². The second kappa shape index (κ2) is 6.61. The van der Waals surface area contributed by atoms with Crippen LogP contribution in [0.2, 0.25) is 0 Å². The molecule has 5 nitrogen and oxygen atoms in total. The first-order valence-corrected chi connectivity index (χ1v) is 5.81. The van der Waals surface area contributed by atoms with Crippen molar-refractivity contribution in [2.24, 2.45) is 0 Å². The lowest BCUT2D eigenvalue weighted by molar-refractivity contribution is 0.0587. The normalized spacial score (nSPS) is 10.2. The molecule has 0 unspecified atom stereocenters. The van der Waals surface area contributed by atoms with Gasteiger partial charge in [0, 0.05) is 12.4 Å². The van der Waals surface area contributed by atoms with Crippen molar-refractivity contribution in [3.8, 4) is 0 Å². The van der Waals surface area contributed by atoms with Crippen LogP contribution in [0.3, 0.4) is 0 Å². The molecular formula is C14H14N2O3. The van der Waals surface area contributed by atoms with Crippen LogP contribution in [0.5, 0.6) is 0 Å². The minimum Gasteiger partial charge on any atom is -0.465 e. The first-order valence-electron chi connectivity index (χ1n) is 5.81. The Balaban J connectivity index is 1.98. The molecule has 0 saturated heterocycles. The van der Waals surface area contributed by atoms with Crippen molar-refractivity contribution in [2.45, 2.75) is 13.2 Å². The highest BCUT2D eigenvalue weighted by molar-refractivity contribution is 5.90. The summed E-state index contributed by atoms with van der Waals surface area (Å²) in [5, 5.41) is 0. The van der Waals surface area contributed by atoms with Crippen molar-refractivity contribution in [3.05, 3.63) is 59.7 Å². The molecule has 0 aliphatic carbocycles. The van der Waals surface area contributed by atoms with Crippen LogP contribution >= 0.6 is 0 Å². The lowest BCUT2D eigenvalue weighted by Gasteiger charge is -2.07. The van der Waals surface area contributed by atoms with Crippen LogP contribution in [-0.2, 0) is 22.7 Å². The summed E-state index contributed by atoms with van der Waals surface area (Å²) in [7, 11) is 1.34. The molecule has 0 atom stereocenters. The second-order valence-electron chi connectivity index (χ2n) is 3.80. The summed E-state index contributed by atoms with van der Waals surface area (Å²) >= 11 is 0. The summed E-state index contributed by atoms with van der Waals surface area (Å²) in [5.41, 5.74) is 1.81. The lowest BCUT2D eigenvalue weighted by Crippen LogP contribution is -2.08. The topological polar surface area (TPSA) is 61.3 Å². The molecule has 2 aromatic heterocycles. The van der Waals surface area contributed by atoms with E-state index in [2.05, 4.69) is 9.97 Å². The molecule has 0 amide bonds. The number of rotatable bonds is 5. The molecule has 0 aliphatic rings. The summed E-state index contributed by atoms with van der Waals surface area (Å²) in [4.78, 5) is 19.8. The van der Waals surface area contributed by atoms with Gasteiger partial charge < -0.3 is 9.47 Å². The Morgan fingerprint density at radius 2 is 1.95 bits per heavy atom. The molecule has 2 rings (SSSR count). The van der Waals surface area contributed by atoms with Crippen molar-refractivity contribution in [1.82, 2.24) is 9.97 Å². The maximum Gasteiger partial charge on any atom is 0.339 e. The van der Waals surface area contributed by atoms with Gasteiger partial charge in [-0.15, -0.1) is 0 Å². The molecule has 0 aliphatic heterocycles. The van der Waals surface area contributed by atoms with Gasteiger partial charge in [-0.2, -0.15) is 0 Å². The largest absolute Gasteiger partial charge is 0.465 e. The molecule has 2 heterocycles. The highest BCUT2D eigenvalue weighted by Gasteiger charge is 2.12. The Morgan fingerprint density at radius 3 is 2.68 bits per heavy atom. The predicted octanol–water partition coefficient (Wildman–Crippen LogP) is 1.98. The number of hydrogen-bond acceptors (Lipinski definition) is 5. The van der Waals surface area contributed by atoms with Crippen LogP contribution in [0.1, 0.15) is 21.7 Å². The third-order valence-electron chi connectivity index (χ3n) is 2.51. The molecule has 0 aromatic carbocycles. The number of nitrogens with zero attached hydrogens (tertiary/aromatic N) is 2. The molecule has 0 N–H and O–H groups in total. The average Bonchev–Trinajstić information content (AvgIpc) is 2.48. The van der Waals surface area contributed by atoms with Crippen molar-refractivity contribution >= 4 is 5.97 Å². The molecule has 0 radical (unpaired) electrons. The Kier molecular flexibility index (Phi) is 4.58. The number of carbonyl (C=O) groups excluding carboxylic acids is 1. The molecule has 19 heavy (non-hydrogen) atoms. The van der Waals surface area contributed by atoms with Gasteiger partial charge in [-0.25, -0.2) is 4.79 Å². The molecule has 0 spiro atoms. The predicted molar refractivity (Wildman–Crippen MR) is 68.3 cm³/mol. The van der Waals surface area contributed by atoms with Gasteiger partial charge in [-0.3, -0.25) is 9.97 Å². The quantitative estimate of drug-likeness (QED) is 0.767. The summed E-state index contributed by atoms with van der Waals surface area (Å²) in [5.74, 6) is -0.412. The van der Waals surface area contributed by atoms with E-state index in [0.29, 0.717) is 17.9 Å². The van der Waals surface area contributed by atoms with E-state index >= 15 is 0 Å². The van der Waals surface area contributed by atoms with Crippen LogP contribution in [0.4, 0.5) is 0 Å². The Bertz CT molecular complexity index is 543. The highest BCUT2D eigenvalue weighted by atomic mass is 16.5. The molecule has 0 saturated carbocycles. The summed E-state index contributed by atoms with van der Waals surface area (Å²) in [6.07, 6.45) is 3.32. The molecule has 98 valence electrons. The fourth-order valence-electron chi connectivity index (χ4n) is 1.58. The van der Waals surface area contributed by atoms with Gasteiger partial charge in [0.05, 0.1) is 37.3 Å². The van der Waals surface area contributed by atoms with E-state index in [0.717, 1.165) is 5.69 Å². The van der Waals surface area contributed by atoms with Gasteiger partial charge in [0.1, 0.15) is 0 Å². The van der Waals surface area contributed by atoms with Crippen molar-refractivity contribution in [2.75, 3.05) is 7.11 Å². The fraction of sp³-hybridized carbons (Fsp3) is 0.214. The van der Waals surface area contributed by atoms with Crippen LogP contribution in [0.15, 0.2) is 42.7 Å². The summed E-state index contributed by atoms with van der Waals surface area (Å²) in [6.45, 7) is 0.611. The molecule has 5 heteroatoms. The van der Waals surface area contributed by atoms with E-state index in [9.17, 15) is 4.79 Å². The van der Waals surface area contributed by atoms with Gasteiger partial charge >= 0.3 is 5.97 Å². The third kappa shape index (κ3) is 3.59. The van der Waals surface area contributed by atoms with E-state index in [1.54, 1.807) is 24.5 Å². The van der Waals surface area contributed by atoms with E-state index in [4.69, 9.17) is 9.47 Å². The fourth-order valence-corrected chi connectivity index (χ4v) is 1.58. The van der Waals surface area contributed by atoms with Gasteiger partial charge in [0.15, 0.2) is 0 Å². The van der Waals surface area contributed by atoms with Crippen molar-refractivity contribution in [1.29, 1.82) is 0 Å². The van der Waals surface area contributed by atoms with E-state index < -0.39 is 5.97 Å². The minimum absolute atomic E-state index is 0.238. The van der Waals surface area contributed by atoms with Crippen LogP contribution in [0, 0.1) is 0 Å². The van der Waals surface area contributed by atoms with Crippen molar-refractivity contribution < 1.29 is 14.3 Å². The first kappa shape index (κ1) is 13.2. The zero-order valence-corrected chi connectivity index (χ0v) is 10.6. The zero-order chi connectivity index (χ0) is 13.5. The van der Waals surface area contributed by atoms with E-state index in [1.165, 1.54) is 7.11 Å². The number of carbonyl (C=O) groups is 1. The maximum absolute atomic E-state index is 11.5. The van der Waals surface area contributed by atoms with E-state index in [1.807, 2.05) is 18.2 Å². The Hall–Kier alpha value is -2.27. The number of pyridine rings is 2. The molecule has 0 fully saturated rings. The number of ether oxygens (including phenoxy) is 2. The third-order valence-corrected chi connectivity index (χ3v) is 2.51. The maximum atomic E-state index is 11.5. The summed E-state index contributed by atoms with van der Waals surface area (Å²) < 4.78 is 10.2. The van der Waals surface area contributed by atoms with Gasteiger partial charge in [0.25, 0.3) is 0 Å². The van der Waals surface area contributed by atoms with Gasteiger partial charge in [-0.1, -0.05) is 6.07 Å². The van der Waals surface area contributed by atoms with Gasteiger partial charge in [-0.05, 0) is 24.3 Å². The molecule has 2 aromatic rings. The molecule has 0 bridgehead atoms. The Morgan fingerprint density at radius 1 is 1.11 bits per heavy atom. The Labute approximate surface area is 111 Å². The second-order valence-corrected chi connectivity index (χ2v) is 3.80.